The second-order valence-corrected chi connectivity index (χ2v) is 8.49. The second-order valence-electron chi connectivity index (χ2n) is 6.92. The maximum atomic E-state index is 11.4. The van der Waals surface area contributed by atoms with Crippen molar-refractivity contribution in [2.24, 2.45) is 5.14 Å². The van der Waals surface area contributed by atoms with Gasteiger partial charge in [-0.25, -0.2) is 23.5 Å². The normalized spacial score (nSPS) is 11.3. The monoisotopic (exact) mass is 433 g/mol. The number of nitrogens with two attached hydrogens (primary N) is 1. The molecule has 0 aliphatic carbocycles. The van der Waals surface area contributed by atoms with Crippen LogP contribution < -0.4 is 15.8 Å². The molecule has 3 aromatic carbocycles. The van der Waals surface area contributed by atoms with E-state index in [1.165, 1.54) is 19.1 Å². The zero-order chi connectivity index (χ0) is 22.0. The molecule has 0 saturated carbocycles. The van der Waals surface area contributed by atoms with E-state index >= 15 is 0 Å². The summed E-state index contributed by atoms with van der Waals surface area (Å²) in [6, 6.07) is 19.4. The highest BCUT2D eigenvalue weighted by Crippen LogP contribution is 2.26. The molecule has 156 valence electrons. The number of sulfonamides is 1. The molecule has 4 aromatic rings. The molecule has 0 bridgehead atoms. The number of carbonyl (C=O) groups is 1. The van der Waals surface area contributed by atoms with E-state index in [2.05, 4.69) is 20.6 Å². The summed E-state index contributed by atoms with van der Waals surface area (Å²) in [6.07, 6.45) is 1.71. The van der Waals surface area contributed by atoms with E-state index in [4.69, 9.17) is 5.14 Å². The van der Waals surface area contributed by atoms with E-state index in [1.54, 1.807) is 18.3 Å². The van der Waals surface area contributed by atoms with Crippen LogP contribution in [0.15, 0.2) is 77.8 Å². The van der Waals surface area contributed by atoms with Gasteiger partial charge < -0.3 is 10.6 Å². The average molecular weight is 433 g/mol. The molecule has 0 radical (unpaired) electrons. The maximum Gasteiger partial charge on any atom is 0.238 e. The lowest BCUT2D eigenvalue weighted by Crippen LogP contribution is -2.11. The molecular formula is C22H19N5O3S. The van der Waals surface area contributed by atoms with Gasteiger partial charge in [0.05, 0.1) is 10.4 Å². The first-order chi connectivity index (χ1) is 14.8. The fraction of sp³-hybridized carbons (Fsp3) is 0.0455. The second kappa shape index (κ2) is 8.13. The van der Waals surface area contributed by atoms with E-state index in [0.29, 0.717) is 11.6 Å². The standard InChI is InChI=1S/C22H19N5O3S/c1-14(28)25-19-4-2-3-15(11-19)16-5-6-17-13-24-22(27-21(17)12-16)26-18-7-9-20(10-8-18)31(23,29)30/h2-13H,1H3,(H,25,28)(H2,23,29,30)(H,24,26,27). The fourth-order valence-electron chi connectivity index (χ4n) is 3.10. The van der Waals surface area contributed by atoms with Crippen molar-refractivity contribution in [3.8, 4) is 11.1 Å². The molecule has 0 atom stereocenters. The van der Waals surface area contributed by atoms with Crippen molar-refractivity contribution in [1.82, 2.24) is 9.97 Å². The van der Waals surface area contributed by atoms with Gasteiger partial charge in [0.15, 0.2) is 0 Å². The van der Waals surface area contributed by atoms with Gasteiger partial charge in [-0.3, -0.25) is 4.79 Å². The molecule has 9 heteroatoms. The minimum Gasteiger partial charge on any atom is -0.326 e. The van der Waals surface area contributed by atoms with Gasteiger partial charge in [0.1, 0.15) is 0 Å². The van der Waals surface area contributed by atoms with Crippen LogP contribution in [-0.4, -0.2) is 24.3 Å². The third-order valence-electron chi connectivity index (χ3n) is 4.54. The largest absolute Gasteiger partial charge is 0.326 e. The van der Waals surface area contributed by atoms with Gasteiger partial charge in [-0.1, -0.05) is 24.3 Å². The number of hydrogen-bond donors (Lipinski definition) is 3. The topological polar surface area (TPSA) is 127 Å². The third kappa shape index (κ3) is 4.85. The highest BCUT2D eigenvalue weighted by atomic mass is 32.2. The molecule has 0 saturated heterocycles. The molecule has 1 amide bonds. The van der Waals surface area contributed by atoms with Crippen molar-refractivity contribution in [3.63, 3.8) is 0 Å². The molecule has 0 aliphatic rings. The van der Waals surface area contributed by atoms with Gasteiger partial charge in [0, 0.05) is 29.9 Å². The summed E-state index contributed by atoms with van der Waals surface area (Å²) in [7, 11) is -3.74. The van der Waals surface area contributed by atoms with Crippen molar-refractivity contribution < 1.29 is 13.2 Å². The highest BCUT2D eigenvalue weighted by Gasteiger charge is 2.08. The van der Waals surface area contributed by atoms with Crippen LogP contribution in [0.4, 0.5) is 17.3 Å². The Morgan fingerprint density at radius 2 is 1.68 bits per heavy atom. The van der Waals surface area contributed by atoms with Gasteiger partial charge in [-0.05, 0) is 53.6 Å². The third-order valence-corrected chi connectivity index (χ3v) is 5.47. The Hall–Kier alpha value is -3.82. The lowest BCUT2D eigenvalue weighted by Gasteiger charge is -2.09. The van der Waals surface area contributed by atoms with Crippen LogP contribution in [-0.2, 0) is 14.8 Å². The molecule has 0 spiro atoms. The number of anilines is 3. The molecule has 8 nitrogen and oxygen atoms in total. The summed E-state index contributed by atoms with van der Waals surface area (Å²) in [5.41, 5.74) is 3.98. The van der Waals surface area contributed by atoms with E-state index in [-0.39, 0.29) is 10.8 Å². The number of carbonyl (C=O) groups excluding carboxylic acids is 1. The van der Waals surface area contributed by atoms with Crippen molar-refractivity contribution in [2.45, 2.75) is 11.8 Å². The van der Waals surface area contributed by atoms with E-state index in [9.17, 15) is 13.2 Å². The molecule has 0 aliphatic heterocycles. The summed E-state index contributed by atoms with van der Waals surface area (Å²) in [5, 5.41) is 11.8. The maximum absolute atomic E-state index is 11.4. The number of nitrogens with one attached hydrogen (secondary N) is 2. The number of amides is 1. The lowest BCUT2D eigenvalue weighted by atomic mass is 10.0. The first-order valence-corrected chi connectivity index (χ1v) is 10.9. The number of primary sulfonamides is 1. The molecule has 4 N–H and O–H groups in total. The predicted molar refractivity (Wildman–Crippen MR) is 120 cm³/mol. The predicted octanol–water partition coefficient (Wildman–Crippen LogP) is 3.65. The quantitative estimate of drug-likeness (QED) is 0.441. The van der Waals surface area contributed by atoms with Crippen LogP contribution >= 0.6 is 0 Å². The fourth-order valence-corrected chi connectivity index (χ4v) is 3.62. The highest BCUT2D eigenvalue weighted by molar-refractivity contribution is 7.89. The molecule has 4 rings (SSSR count). The SMILES string of the molecule is CC(=O)Nc1cccc(-c2ccc3cnc(Nc4ccc(S(N)(=O)=O)cc4)nc3c2)c1. The summed E-state index contributed by atoms with van der Waals surface area (Å²) in [6.45, 7) is 1.47. The van der Waals surface area contributed by atoms with Crippen LogP contribution in [0.1, 0.15) is 6.92 Å². The van der Waals surface area contributed by atoms with Gasteiger partial charge >= 0.3 is 0 Å². The number of rotatable bonds is 5. The lowest BCUT2D eigenvalue weighted by molar-refractivity contribution is -0.114. The number of hydrogen-bond acceptors (Lipinski definition) is 6. The summed E-state index contributed by atoms with van der Waals surface area (Å²) in [4.78, 5) is 20.2. The van der Waals surface area contributed by atoms with Crippen molar-refractivity contribution in [2.75, 3.05) is 10.6 Å². The molecule has 0 unspecified atom stereocenters. The summed E-state index contributed by atoms with van der Waals surface area (Å²) < 4.78 is 22.8. The Bertz CT molecular complexity index is 1390. The number of fused-ring (bicyclic) bond motifs is 1. The average Bonchev–Trinajstić information content (AvgIpc) is 2.73. The summed E-state index contributed by atoms with van der Waals surface area (Å²) in [5.74, 6) is 0.246. The van der Waals surface area contributed by atoms with Gasteiger partial charge in [0.2, 0.25) is 21.9 Å². The zero-order valence-corrected chi connectivity index (χ0v) is 17.3. The molecule has 1 aromatic heterocycles. The minimum atomic E-state index is -3.74. The Labute approximate surface area is 179 Å². The summed E-state index contributed by atoms with van der Waals surface area (Å²) >= 11 is 0. The Morgan fingerprint density at radius 1 is 0.935 bits per heavy atom. The molecular weight excluding hydrogens is 414 g/mol. The Morgan fingerprint density at radius 3 is 2.39 bits per heavy atom. The van der Waals surface area contributed by atoms with E-state index in [0.717, 1.165) is 27.7 Å². The van der Waals surface area contributed by atoms with Gasteiger partial charge in [-0.15, -0.1) is 0 Å². The first-order valence-electron chi connectivity index (χ1n) is 9.33. The smallest absolute Gasteiger partial charge is 0.238 e. The molecule has 31 heavy (non-hydrogen) atoms. The zero-order valence-electron chi connectivity index (χ0n) is 16.5. The van der Waals surface area contributed by atoms with E-state index in [1.807, 2.05) is 42.5 Å². The van der Waals surface area contributed by atoms with Gasteiger partial charge in [0.25, 0.3) is 0 Å². The van der Waals surface area contributed by atoms with Crippen LogP contribution in [0, 0.1) is 0 Å². The number of nitrogens with zero attached hydrogens (tertiary/aromatic N) is 2. The van der Waals surface area contributed by atoms with Gasteiger partial charge in [-0.2, -0.15) is 0 Å². The van der Waals surface area contributed by atoms with Crippen LogP contribution in [0.3, 0.4) is 0 Å². The van der Waals surface area contributed by atoms with E-state index < -0.39 is 10.0 Å². The van der Waals surface area contributed by atoms with Crippen LogP contribution in [0.2, 0.25) is 0 Å². The van der Waals surface area contributed by atoms with Crippen LogP contribution in [0.5, 0.6) is 0 Å². The Balaban J connectivity index is 1.62. The van der Waals surface area contributed by atoms with Crippen molar-refractivity contribution in [1.29, 1.82) is 0 Å². The number of benzene rings is 3. The minimum absolute atomic E-state index is 0.0311. The van der Waals surface area contributed by atoms with Crippen molar-refractivity contribution >= 4 is 44.2 Å². The molecule has 1 heterocycles. The number of aromatic nitrogens is 2. The molecule has 0 fully saturated rings. The Kier molecular flexibility index (Phi) is 5.37. The van der Waals surface area contributed by atoms with Crippen molar-refractivity contribution in [3.05, 3.63) is 72.9 Å². The first kappa shape index (κ1) is 20.5. The van der Waals surface area contributed by atoms with Crippen LogP contribution in [0.25, 0.3) is 22.0 Å².